The van der Waals surface area contributed by atoms with Crippen LogP contribution in [0.5, 0.6) is 5.75 Å². The summed E-state index contributed by atoms with van der Waals surface area (Å²) in [6, 6.07) is 13.4. The van der Waals surface area contributed by atoms with Gasteiger partial charge < -0.3 is 9.47 Å². The fourth-order valence-corrected chi connectivity index (χ4v) is 2.73. The molecular weight excluding hydrogens is 334 g/mol. The zero-order valence-electron chi connectivity index (χ0n) is 14.4. The molecule has 6 nitrogen and oxygen atoms in total. The molecule has 26 heavy (non-hydrogen) atoms. The van der Waals surface area contributed by atoms with Crippen LogP contribution in [0.15, 0.2) is 54.1 Å². The van der Waals surface area contributed by atoms with Crippen molar-refractivity contribution in [3.05, 3.63) is 65.2 Å². The van der Waals surface area contributed by atoms with E-state index in [2.05, 4.69) is 4.74 Å². The number of benzene rings is 2. The highest BCUT2D eigenvalue weighted by Crippen LogP contribution is 2.29. The van der Waals surface area contributed by atoms with Crippen molar-refractivity contribution in [2.45, 2.75) is 6.42 Å². The average Bonchev–Trinajstić information content (AvgIpc) is 2.95. The Balaban J connectivity index is 1.86. The van der Waals surface area contributed by atoms with E-state index in [1.165, 1.54) is 14.2 Å². The van der Waals surface area contributed by atoms with Crippen molar-refractivity contribution in [2.75, 3.05) is 19.1 Å². The van der Waals surface area contributed by atoms with E-state index >= 15 is 0 Å². The Morgan fingerprint density at radius 2 is 1.81 bits per heavy atom. The average molecular weight is 351 g/mol. The Morgan fingerprint density at radius 1 is 1.08 bits per heavy atom. The normalized spacial score (nSPS) is 15.5. The maximum atomic E-state index is 12.7. The molecule has 0 saturated carbocycles. The van der Waals surface area contributed by atoms with Crippen LogP contribution < -0.4 is 9.64 Å². The molecule has 2 amide bonds. The number of methoxy groups -OCH3 is 2. The SMILES string of the molecule is COC(=O)c1ccc(/C=C2\CC(=O)N(c3cccc(OC)c3)C2=O)cc1. The van der Waals surface area contributed by atoms with Crippen molar-refractivity contribution in [1.82, 2.24) is 0 Å². The Kier molecular flexibility index (Phi) is 4.84. The highest BCUT2D eigenvalue weighted by molar-refractivity contribution is 6.29. The summed E-state index contributed by atoms with van der Waals surface area (Å²) < 4.78 is 9.80. The summed E-state index contributed by atoms with van der Waals surface area (Å²) in [6.45, 7) is 0. The zero-order chi connectivity index (χ0) is 18.7. The van der Waals surface area contributed by atoms with Crippen molar-refractivity contribution in [3.63, 3.8) is 0 Å². The van der Waals surface area contributed by atoms with Gasteiger partial charge >= 0.3 is 5.97 Å². The molecule has 0 bridgehead atoms. The minimum Gasteiger partial charge on any atom is -0.497 e. The van der Waals surface area contributed by atoms with E-state index in [4.69, 9.17) is 4.74 Å². The molecule has 0 aromatic heterocycles. The number of nitrogens with zero attached hydrogens (tertiary/aromatic N) is 1. The number of carbonyl (C=O) groups excluding carboxylic acids is 3. The van der Waals surface area contributed by atoms with Crippen molar-refractivity contribution in [1.29, 1.82) is 0 Å². The molecule has 1 saturated heterocycles. The molecule has 1 aliphatic heterocycles. The molecule has 0 atom stereocenters. The third kappa shape index (κ3) is 3.35. The second-order valence-electron chi connectivity index (χ2n) is 5.70. The van der Waals surface area contributed by atoms with E-state index < -0.39 is 5.97 Å². The summed E-state index contributed by atoms with van der Waals surface area (Å²) in [5, 5.41) is 0. The number of amides is 2. The lowest BCUT2D eigenvalue weighted by Crippen LogP contribution is -2.28. The van der Waals surface area contributed by atoms with Gasteiger partial charge in [-0.2, -0.15) is 0 Å². The lowest BCUT2D eigenvalue weighted by atomic mass is 10.1. The van der Waals surface area contributed by atoms with Crippen LogP contribution in [-0.4, -0.2) is 32.0 Å². The molecule has 3 rings (SSSR count). The molecule has 1 heterocycles. The molecule has 0 N–H and O–H groups in total. The number of ether oxygens (including phenoxy) is 2. The molecule has 6 heteroatoms. The number of hydrogen-bond donors (Lipinski definition) is 0. The van der Waals surface area contributed by atoms with Gasteiger partial charge in [-0.1, -0.05) is 18.2 Å². The van der Waals surface area contributed by atoms with Gasteiger partial charge in [0.15, 0.2) is 0 Å². The fraction of sp³-hybridized carbons (Fsp3) is 0.150. The summed E-state index contributed by atoms with van der Waals surface area (Å²) in [5.41, 5.74) is 2.01. The van der Waals surface area contributed by atoms with E-state index in [0.717, 1.165) is 10.5 Å². The second-order valence-corrected chi connectivity index (χ2v) is 5.70. The highest BCUT2D eigenvalue weighted by Gasteiger charge is 2.35. The van der Waals surface area contributed by atoms with Crippen LogP contribution in [-0.2, 0) is 14.3 Å². The van der Waals surface area contributed by atoms with E-state index in [9.17, 15) is 14.4 Å². The first-order chi connectivity index (χ1) is 12.5. The number of anilines is 1. The van der Waals surface area contributed by atoms with Crippen LogP contribution in [0.4, 0.5) is 5.69 Å². The molecule has 132 valence electrons. The van der Waals surface area contributed by atoms with E-state index in [0.29, 0.717) is 22.6 Å². The molecule has 1 aliphatic rings. The third-order valence-electron chi connectivity index (χ3n) is 4.05. The zero-order valence-corrected chi connectivity index (χ0v) is 14.4. The summed E-state index contributed by atoms with van der Waals surface area (Å²) in [5.74, 6) is -0.513. The maximum Gasteiger partial charge on any atom is 0.337 e. The van der Waals surface area contributed by atoms with Gasteiger partial charge in [-0.25, -0.2) is 9.69 Å². The van der Waals surface area contributed by atoms with Gasteiger partial charge in [0, 0.05) is 11.6 Å². The van der Waals surface area contributed by atoms with Gasteiger partial charge in [0.1, 0.15) is 5.75 Å². The lowest BCUT2D eigenvalue weighted by molar-refractivity contribution is -0.120. The minimum atomic E-state index is -0.430. The fourth-order valence-electron chi connectivity index (χ4n) is 2.73. The lowest BCUT2D eigenvalue weighted by Gasteiger charge is -2.14. The molecule has 0 radical (unpaired) electrons. The Bertz CT molecular complexity index is 899. The largest absolute Gasteiger partial charge is 0.497 e. The molecule has 0 aliphatic carbocycles. The van der Waals surface area contributed by atoms with Crippen molar-refractivity contribution >= 4 is 29.5 Å². The van der Waals surface area contributed by atoms with E-state index in [1.807, 2.05) is 0 Å². The summed E-state index contributed by atoms with van der Waals surface area (Å²) in [4.78, 5) is 37.6. The molecule has 1 fully saturated rings. The maximum absolute atomic E-state index is 12.7. The molecular formula is C20H17NO5. The smallest absolute Gasteiger partial charge is 0.337 e. The summed E-state index contributed by atoms with van der Waals surface area (Å²) in [7, 11) is 2.84. The van der Waals surface area contributed by atoms with Crippen molar-refractivity contribution in [3.8, 4) is 5.75 Å². The predicted molar refractivity (Wildman–Crippen MR) is 95.9 cm³/mol. The first kappa shape index (κ1) is 17.4. The highest BCUT2D eigenvalue weighted by atomic mass is 16.5. The molecule has 0 spiro atoms. The van der Waals surface area contributed by atoms with Gasteiger partial charge in [-0.05, 0) is 35.9 Å². The summed E-state index contributed by atoms with van der Waals surface area (Å²) >= 11 is 0. The summed E-state index contributed by atoms with van der Waals surface area (Å²) in [6.07, 6.45) is 1.68. The topological polar surface area (TPSA) is 72.9 Å². The minimum absolute atomic E-state index is 0.0226. The van der Waals surface area contributed by atoms with Crippen LogP contribution in [0.2, 0.25) is 0 Å². The van der Waals surface area contributed by atoms with Crippen LogP contribution in [0.25, 0.3) is 6.08 Å². The number of hydrogen-bond acceptors (Lipinski definition) is 5. The van der Waals surface area contributed by atoms with Crippen LogP contribution >= 0.6 is 0 Å². The van der Waals surface area contributed by atoms with Crippen molar-refractivity contribution < 1.29 is 23.9 Å². The number of esters is 1. The van der Waals surface area contributed by atoms with Crippen LogP contribution in [0, 0.1) is 0 Å². The standard InChI is InChI=1S/C20H17NO5/c1-25-17-5-3-4-16(12-17)21-18(22)11-15(19(21)23)10-13-6-8-14(9-7-13)20(24)26-2/h3-10,12H,11H2,1-2H3/b15-10+. The Morgan fingerprint density at radius 3 is 2.46 bits per heavy atom. The van der Waals surface area contributed by atoms with Crippen molar-refractivity contribution in [2.24, 2.45) is 0 Å². The Hall–Kier alpha value is -3.41. The van der Waals surface area contributed by atoms with Gasteiger partial charge in [-0.3, -0.25) is 9.59 Å². The number of imide groups is 1. The van der Waals surface area contributed by atoms with Gasteiger partial charge in [0.25, 0.3) is 5.91 Å². The first-order valence-electron chi connectivity index (χ1n) is 7.94. The quantitative estimate of drug-likeness (QED) is 0.481. The second kappa shape index (κ2) is 7.23. The molecule has 2 aromatic rings. The third-order valence-corrected chi connectivity index (χ3v) is 4.05. The van der Waals surface area contributed by atoms with Gasteiger partial charge in [0.05, 0.1) is 31.9 Å². The Labute approximate surface area is 150 Å². The molecule has 2 aromatic carbocycles. The van der Waals surface area contributed by atoms with Crippen LogP contribution in [0.3, 0.4) is 0 Å². The monoisotopic (exact) mass is 351 g/mol. The van der Waals surface area contributed by atoms with Crippen LogP contribution in [0.1, 0.15) is 22.3 Å². The number of rotatable bonds is 4. The first-order valence-corrected chi connectivity index (χ1v) is 7.94. The predicted octanol–water partition coefficient (Wildman–Crippen LogP) is 2.83. The molecule has 0 unspecified atom stereocenters. The van der Waals surface area contributed by atoms with E-state index in [1.54, 1.807) is 54.6 Å². The number of carbonyl (C=O) groups is 3. The van der Waals surface area contributed by atoms with Gasteiger partial charge in [-0.15, -0.1) is 0 Å². The van der Waals surface area contributed by atoms with E-state index in [-0.39, 0.29) is 18.2 Å². The van der Waals surface area contributed by atoms with Gasteiger partial charge in [0.2, 0.25) is 5.91 Å².